The van der Waals surface area contributed by atoms with Crippen molar-refractivity contribution in [1.82, 2.24) is 0 Å². The predicted octanol–water partition coefficient (Wildman–Crippen LogP) is 5.03. The third-order valence-electron chi connectivity index (χ3n) is 2.47. The van der Waals surface area contributed by atoms with Crippen molar-refractivity contribution in [2.24, 2.45) is 0 Å². The summed E-state index contributed by atoms with van der Waals surface area (Å²) in [6, 6.07) is 6.32. The Morgan fingerprint density at radius 3 is 2.28 bits per heavy atom. The number of ketones is 1. The Labute approximate surface area is 119 Å². The van der Waals surface area contributed by atoms with E-state index in [9.17, 15) is 4.79 Å². The van der Waals surface area contributed by atoms with Crippen LogP contribution in [0.25, 0.3) is 0 Å². The summed E-state index contributed by atoms with van der Waals surface area (Å²) in [5.74, 6) is 0.610. The van der Waals surface area contributed by atoms with Crippen molar-refractivity contribution in [1.29, 1.82) is 0 Å². The zero-order chi connectivity index (χ0) is 13.3. The van der Waals surface area contributed by atoms with Gasteiger partial charge in [-0.15, -0.1) is 0 Å². The van der Waals surface area contributed by atoms with Crippen LogP contribution >= 0.6 is 34.8 Å². The molecule has 2 aromatic rings. The molecule has 0 saturated heterocycles. The Hall–Kier alpha value is -0.960. The maximum atomic E-state index is 12.2. The fourth-order valence-electron chi connectivity index (χ4n) is 1.57. The molecule has 1 aromatic carbocycles. The lowest BCUT2D eigenvalue weighted by Gasteiger charge is -2.05. The quantitative estimate of drug-likeness (QED) is 0.744. The van der Waals surface area contributed by atoms with Gasteiger partial charge in [-0.3, -0.25) is 4.79 Å². The molecule has 18 heavy (non-hydrogen) atoms. The number of rotatable bonds is 3. The molecule has 0 atom stereocenters. The first-order valence-corrected chi connectivity index (χ1v) is 6.44. The Bertz CT molecular complexity index is 579. The molecule has 1 heterocycles. The molecule has 2 rings (SSSR count). The molecule has 0 aliphatic carbocycles. The lowest BCUT2D eigenvalue weighted by atomic mass is 10.1. The van der Waals surface area contributed by atoms with E-state index in [1.54, 1.807) is 12.1 Å². The molecule has 0 radical (unpaired) electrons. The van der Waals surface area contributed by atoms with Crippen LogP contribution < -0.4 is 0 Å². The summed E-state index contributed by atoms with van der Waals surface area (Å²) in [7, 11) is 0. The molecule has 0 aliphatic heterocycles. The predicted molar refractivity (Wildman–Crippen MR) is 73.0 cm³/mol. The molecule has 94 valence electrons. The van der Waals surface area contributed by atoms with Crippen molar-refractivity contribution in [2.45, 2.75) is 13.3 Å². The summed E-state index contributed by atoms with van der Waals surface area (Å²) in [6.07, 6.45) is 0.718. The Morgan fingerprint density at radius 2 is 1.78 bits per heavy atom. The number of benzene rings is 1. The van der Waals surface area contributed by atoms with E-state index in [1.807, 2.05) is 6.92 Å². The van der Waals surface area contributed by atoms with E-state index in [-0.39, 0.29) is 27.2 Å². The van der Waals surface area contributed by atoms with Crippen LogP contribution in [-0.4, -0.2) is 5.78 Å². The third-order valence-corrected chi connectivity index (χ3v) is 3.28. The van der Waals surface area contributed by atoms with Crippen molar-refractivity contribution in [3.05, 3.63) is 56.4 Å². The molecule has 0 spiro atoms. The number of hydrogen-bond acceptors (Lipinski definition) is 2. The smallest absolute Gasteiger partial charge is 0.231 e. The van der Waals surface area contributed by atoms with Crippen LogP contribution in [0.4, 0.5) is 0 Å². The highest BCUT2D eigenvalue weighted by Crippen LogP contribution is 2.31. The van der Waals surface area contributed by atoms with Gasteiger partial charge in [0.05, 0.1) is 15.6 Å². The van der Waals surface area contributed by atoms with Crippen LogP contribution in [0.3, 0.4) is 0 Å². The van der Waals surface area contributed by atoms with Crippen LogP contribution in [0.2, 0.25) is 15.1 Å². The zero-order valence-corrected chi connectivity index (χ0v) is 11.7. The molecule has 1 aromatic heterocycles. The molecular formula is C13H9Cl3O2. The Morgan fingerprint density at radius 1 is 1.17 bits per heavy atom. The molecular weight excluding hydrogens is 294 g/mol. The van der Waals surface area contributed by atoms with Gasteiger partial charge in [0.2, 0.25) is 5.78 Å². The van der Waals surface area contributed by atoms with Gasteiger partial charge in [-0.1, -0.05) is 41.7 Å². The van der Waals surface area contributed by atoms with Crippen LogP contribution in [0.15, 0.2) is 28.7 Å². The molecule has 0 N–H and O–H groups in total. The highest BCUT2D eigenvalue weighted by Gasteiger charge is 2.20. The standard InChI is InChI=1S/C13H9Cl3O2/c1-2-8-3-4-11(18-8)13(17)12-9(15)5-7(14)6-10(12)16/h3-6H,2H2,1H3. The van der Waals surface area contributed by atoms with Crippen molar-refractivity contribution in [3.63, 3.8) is 0 Å². The van der Waals surface area contributed by atoms with Gasteiger partial charge in [0.25, 0.3) is 0 Å². The molecule has 0 saturated carbocycles. The maximum Gasteiger partial charge on any atom is 0.231 e. The SMILES string of the molecule is CCc1ccc(C(=O)c2c(Cl)cc(Cl)cc2Cl)o1. The van der Waals surface area contributed by atoms with E-state index < -0.39 is 0 Å². The first-order valence-electron chi connectivity index (χ1n) is 5.31. The largest absolute Gasteiger partial charge is 0.458 e. The number of hydrogen-bond donors (Lipinski definition) is 0. The molecule has 0 amide bonds. The average molecular weight is 304 g/mol. The second-order valence-corrected chi connectivity index (χ2v) is 4.94. The molecule has 5 heteroatoms. The summed E-state index contributed by atoms with van der Waals surface area (Å²) in [5.41, 5.74) is 0.208. The van der Waals surface area contributed by atoms with E-state index in [0.717, 1.165) is 12.2 Å². The van der Waals surface area contributed by atoms with Crippen molar-refractivity contribution < 1.29 is 9.21 Å². The minimum absolute atomic E-state index is 0.208. The van der Waals surface area contributed by atoms with E-state index in [2.05, 4.69) is 0 Å². The summed E-state index contributed by atoms with van der Waals surface area (Å²) < 4.78 is 5.39. The number of halogens is 3. The van der Waals surface area contributed by atoms with Gasteiger partial charge < -0.3 is 4.42 Å². The number of carbonyl (C=O) groups excluding carboxylic acids is 1. The number of furan rings is 1. The summed E-state index contributed by atoms with van der Waals surface area (Å²) in [4.78, 5) is 12.2. The second-order valence-electron chi connectivity index (χ2n) is 3.69. The van der Waals surface area contributed by atoms with Gasteiger partial charge in [0.15, 0.2) is 5.76 Å². The maximum absolute atomic E-state index is 12.2. The fourth-order valence-corrected chi connectivity index (χ4v) is 2.56. The van der Waals surface area contributed by atoms with Crippen molar-refractivity contribution >= 4 is 40.6 Å². The van der Waals surface area contributed by atoms with Gasteiger partial charge in [-0.05, 0) is 24.3 Å². The van der Waals surface area contributed by atoms with E-state index in [4.69, 9.17) is 39.2 Å². The number of carbonyl (C=O) groups is 1. The molecule has 0 unspecified atom stereocenters. The van der Waals surface area contributed by atoms with Crippen molar-refractivity contribution in [2.75, 3.05) is 0 Å². The second kappa shape index (κ2) is 5.35. The normalized spacial score (nSPS) is 10.7. The lowest BCUT2D eigenvalue weighted by molar-refractivity contribution is 0.101. The highest BCUT2D eigenvalue weighted by molar-refractivity contribution is 6.43. The minimum atomic E-state index is -0.346. The summed E-state index contributed by atoms with van der Waals surface area (Å²) >= 11 is 17.8. The third kappa shape index (κ3) is 2.56. The fraction of sp³-hybridized carbons (Fsp3) is 0.154. The van der Waals surface area contributed by atoms with Gasteiger partial charge in [0, 0.05) is 11.4 Å². The van der Waals surface area contributed by atoms with Gasteiger partial charge in [0.1, 0.15) is 5.76 Å². The summed E-state index contributed by atoms with van der Waals surface area (Å²) in [5, 5.41) is 0.814. The monoisotopic (exact) mass is 302 g/mol. The first kappa shape index (κ1) is 13.5. The average Bonchev–Trinajstić information content (AvgIpc) is 2.75. The van der Waals surface area contributed by atoms with Crippen molar-refractivity contribution in [3.8, 4) is 0 Å². The molecule has 0 bridgehead atoms. The first-order chi connectivity index (χ1) is 8.52. The highest BCUT2D eigenvalue weighted by atomic mass is 35.5. The number of aryl methyl sites for hydroxylation is 1. The molecule has 2 nitrogen and oxygen atoms in total. The molecule has 0 aliphatic rings. The van der Waals surface area contributed by atoms with Crippen LogP contribution in [0.1, 0.15) is 28.8 Å². The lowest BCUT2D eigenvalue weighted by Crippen LogP contribution is -2.02. The van der Waals surface area contributed by atoms with Crippen LogP contribution in [0, 0.1) is 0 Å². The van der Waals surface area contributed by atoms with Gasteiger partial charge in [-0.2, -0.15) is 0 Å². The van der Waals surface area contributed by atoms with E-state index in [1.165, 1.54) is 12.1 Å². The van der Waals surface area contributed by atoms with Crippen LogP contribution in [0.5, 0.6) is 0 Å². The van der Waals surface area contributed by atoms with Crippen LogP contribution in [-0.2, 0) is 6.42 Å². The zero-order valence-electron chi connectivity index (χ0n) is 9.47. The van der Waals surface area contributed by atoms with Gasteiger partial charge >= 0.3 is 0 Å². The summed E-state index contributed by atoms with van der Waals surface area (Å²) in [6.45, 7) is 1.94. The molecule has 0 fully saturated rings. The minimum Gasteiger partial charge on any atom is -0.458 e. The Balaban J connectivity index is 2.46. The Kier molecular flexibility index (Phi) is 4.00. The van der Waals surface area contributed by atoms with E-state index in [0.29, 0.717) is 5.02 Å². The van der Waals surface area contributed by atoms with E-state index >= 15 is 0 Å². The van der Waals surface area contributed by atoms with Gasteiger partial charge in [-0.25, -0.2) is 0 Å². The topological polar surface area (TPSA) is 30.2 Å².